The summed E-state index contributed by atoms with van der Waals surface area (Å²) >= 11 is 1.57. The molecule has 0 saturated carbocycles. The third-order valence-corrected chi connectivity index (χ3v) is 3.16. The summed E-state index contributed by atoms with van der Waals surface area (Å²) in [5.74, 6) is 1.16. The van der Waals surface area contributed by atoms with Gasteiger partial charge in [0.25, 0.3) is 0 Å². The summed E-state index contributed by atoms with van der Waals surface area (Å²) in [5, 5.41) is 0. The lowest BCUT2D eigenvalue weighted by atomic mass is 10.4. The molecule has 0 amide bonds. The quantitative estimate of drug-likeness (QED) is 0.845. The Morgan fingerprint density at radius 1 is 1.18 bits per heavy atom. The summed E-state index contributed by atoms with van der Waals surface area (Å²) in [7, 11) is 0. The number of hydrogen-bond acceptors (Lipinski definition) is 4. The maximum atomic E-state index is 12.7. The van der Waals surface area contributed by atoms with Gasteiger partial charge in [0.15, 0.2) is 0 Å². The van der Waals surface area contributed by atoms with Crippen LogP contribution in [0, 0.1) is 5.82 Å². The number of benzene rings is 1. The molecule has 2 aromatic rings. The Morgan fingerprint density at radius 2 is 1.94 bits per heavy atom. The predicted molar refractivity (Wildman–Crippen MR) is 65.9 cm³/mol. The van der Waals surface area contributed by atoms with Crippen molar-refractivity contribution in [2.24, 2.45) is 5.73 Å². The summed E-state index contributed by atoms with van der Waals surface area (Å²) in [6.45, 7) is 0.413. The first kappa shape index (κ1) is 12.0. The van der Waals surface area contributed by atoms with Gasteiger partial charge in [0.2, 0.25) is 0 Å². The molecule has 0 spiro atoms. The number of nitrogens with two attached hydrogens (primary N) is 1. The van der Waals surface area contributed by atoms with Gasteiger partial charge in [-0.1, -0.05) is 0 Å². The van der Waals surface area contributed by atoms with Crippen LogP contribution in [0.15, 0.2) is 41.4 Å². The highest BCUT2D eigenvalue weighted by molar-refractivity contribution is 7.98. The van der Waals surface area contributed by atoms with E-state index in [0.717, 1.165) is 16.4 Å². The standard InChI is InChI=1S/C12H12FN3S/c13-9-1-3-11(4-2-9)17-8-12-15-6-5-10(7-14)16-12/h1-6H,7-8,14H2. The van der Waals surface area contributed by atoms with Gasteiger partial charge in [-0.05, 0) is 30.3 Å². The molecule has 3 nitrogen and oxygen atoms in total. The molecule has 2 N–H and O–H groups in total. The van der Waals surface area contributed by atoms with Crippen LogP contribution in [-0.4, -0.2) is 9.97 Å². The van der Waals surface area contributed by atoms with E-state index in [-0.39, 0.29) is 5.82 Å². The molecule has 1 aromatic heterocycles. The normalized spacial score (nSPS) is 10.5. The highest BCUT2D eigenvalue weighted by Gasteiger charge is 2.00. The van der Waals surface area contributed by atoms with Crippen LogP contribution < -0.4 is 5.73 Å². The van der Waals surface area contributed by atoms with Crippen molar-refractivity contribution in [1.29, 1.82) is 0 Å². The third kappa shape index (κ3) is 3.51. The van der Waals surface area contributed by atoms with Gasteiger partial charge in [-0.15, -0.1) is 11.8 Å². The minimum absolute atomic E-state index is 0.226. The van der Waals surface area contributed by atoms with Gasteiger partial charge >= 0.3 is 0 Å². The average Bonchev–Trinajstić information content (AvgIpc) is 2.38. The molecular formula is C12H12FN3S. The fourth-order valence-electron chi connectivity index (χ4n) is 1.30. The molecule has 1 heterocycles. The van der Waals surface area contributed by atoms with E-state index in [4.69, 9.17) is 5.73 Å². The zero-order chi connectivity index (χ0) is 12.1. The van der Waals surface area contributed by atoms with Crippen LogP contribution in [0.25, 0.3) is 0 Å². The van der Waals surface area contributed by atoms with Crippen molar-refractivity contribution in [3.8, 4) is 0 Å². The van der Waals surface area contributed by atoms with Gasteiger partial charge in [0.1, 0.15) is 11.6 Å². The number of thioether (sulfide) groups is 1. The van der Waals surface area contributed by atoms with Crippen LogP contribution in [0.2, 0.25) is 0 Å². The van der Waals surface area contributed by atoms with Crippen molar-refractivity contribution in [2.75, 3.05) is 0 Å². The monoisotopic (exact) mass is 249 g/mol. The summed E-state index contributed by atoms with van der Waals surface area (Å²) in [6.07, 6.45) is 1.70. The van der Waals surface area contributed by atoms with Crippen LogP contribution in [0.1, 0.15) is 11.5 Å². The molecule has 5 heteroatoms. The minimum Gasteiger partial charge on any atom is -0.325 e. The maximum absolute atomic E-state index is 12.7. The van der Waals surface area contributed by atoms with E-state index in [1.165, 1.54) is 12.1 Å². The van der Waals surface area contributed by atoms with Crippen molar-refractivity contribution >= 4 is 11.8 Å². The highest BCUT2D eigenvalue weighted by atomic mass is 32.2. The third-order valence-electron chi connectivity index (χ3n) is 2.15. The first-order valence-corrected chi connectivity index (χ1v) is 6.16. The Hall–Kier alpha value is -1.46. The second kappa shape index (κ2) is 5.75. The van der Waals surface area contributed by atoms with Gasteiger partial charge in [0, 0.05) is 17.6 Å². The Balaban J connectivity index is 1.99. The molecule has 0 aliphatic rings. The smallest absolute Gasteiger partial charge is 0.138 e. The lowest BCUT2D eigenvalue weighted by molar-refractivity contribution is 0.626. The average molecular weight is 249 g/mol. The summed E-state index contributed by atoms with van der Waals surface area (Å²) < 4.78 is 12.7. The van der Waals surface area contributed by atoms with E-state index < -0.39 is 0 Å². The molecule has 0 bridgehead atoms. The zero-order valence-corrected chi connectivity index (χ0v) is 9.95. The van der Waals surface area contributed by atoms with E-state index in [0.29, 0.717) is 12.3 Å². The van der Waals surface area contributed by atoms with Crippen molar-refractivity contribution in [3.63, 3.8) is 0 Å². The van der Waals surface area contributed by atoms with E-state index in [1.807, 2.05) is 0 Å². The highest BCUT2D eigenvalue weighted by Crippen LogP contribution is 2.21. The molecule has 2 rings (SSSR count). The van der Waals surface area contributed by atoms with E-state index in [9.17, 15) is 4.39 Å². The summed E-state index contributed by atoms with van der Waals surface area (Å²) in [6, 6.07) is 8.17. The van der Waals surface area contributed by atoms with Gasteiger partial charge in [-0.3, -0.25) is 0 Å². The van der Waals surface area contributed by atoms with Gasteiger partial charge in [0.05, 0.1) is 11.4 Å². The molecule has 0 fully saturated rings. The second-order valence-electron chi connectivity index (χ2n) is 3.41. The Labute approximate surface area is 103 Å². The minimum atomic E-state index is -0.226. The molecule has 88 valence electrons. The molecule has 0 atom stereocenters. The van der Waals surface area contributed by atoms with Crippen LogP contribution in [0.5, 0.6) is 0 Å². The Kier molecular flexibility index (Phi) is 4.06. The lowest BCUT2D eigenvalue weighted by Gasteiger charge is -2.02. The zero-order valence-electron chi connectivity index (χ0n) is 9.14. The van der Waals surface area contributed by atoms with Crippen LogP contribution in [0.4, 0.5) is 4.39 Å². The maximum Gasteiger partial charge on any atom is 0.138 e. The first-order valence-electron chi connectivity index (χ1n) is 5.17. The van der Waals surface area contributed by atoms with Crippen molar-refractivity contribution < 1.29 is 4.39 Å². The molecular weight excluding hydrogens is 237 g/mol. The number of hydrogen-bond donors (Lipinski definition) is 1. The van der Waals surface area contributed by atoms with Gasteiger partial charge < -0.3 is 5.73 Å². The summed E-state index contributed by atoms with van der Waals surface area (Å²) in [5.41, 5.74) is 6.33. The van der Waals surface area contributed by atoms with Crippen molar-refractivity contribution in [3.05, 3.63) is 53.9 Å². The molecule has 0 radical (unpaired) electrons. The number of rotatable bonds is 4. The lowest BCUT2D eigenvalue weighted by Crippen LogP contribution is -2.02. The molecule has 0 saturated heterocycles. The van der Waals surface area contributed by atoms with Crippen molar-refractivity contribution in [2.45, 2.75) is 17.2 Å². The van der Waals surface area contributed by atoms with E-state index in [2.05, 4.69) is 9.97 Å². The fourth-order valence-corrected chi connectivity index (χ4v) is 2.07. The first-order chi connectivity index (χ1) is 8.28. The molecule has 17 heavy (non-hydrogen) atoms. The largest absolute Gasteiger partial charge is 0.325 e. The van der Waals surface area contributed by atoms with Gasteiger partial charge in [-0.2, -0.15) is 0 Å². The molecule has 1 aromatic carbocycles. The number of nitrogens with zero attached hydrogens (tertiary/aromatic N) is 2. The van der Waals surface area contributed by atoms with Crippen LogP contribution >= 0.6 is 11.8 Å². The van der Waals surface area contributed by atoms with E-state index >= 15 is 0 Å². The van der Waals surface area contributed by atoms with Crippen LogP contribution in [-0.2, 0) is 12.3 Å². The fraction of sp³-hybridized carbons (Fsp3) is 0.167. The Morgan fingerprint density at radius 3 is 2.65 bits per heavy atom. The molecule has 0 aliphatic carbocycles. The van der Waals surface area contributed by atoms with Crippen molar-refractivity contribution in [1.82, 2.24) is 9.97 Å². The topological polar surface area (TPSA) is 51.8 Å². The van der Waals surface area contributed by atoms with E-state index in [1.54, 1.807) is 36.2 Å². The Bertz CT molecular complexity index is 487. The molecule has 0 aliphatic heterocycles. The SMILES string of the molecule is NCc1ccnc(CSc2ccc(F)cc2)n1. The molecule has 0 unspecified atom stereocenters. The van der Waals surface area contributed by atoms with Crippen LogP contribution in [0.3, 0.4) is 0 Å². The summed E-state index contributed by atoms with van der Waals surface area (Å²) in [4.78, 5) is 9.44. The predicted octanol–water partition coefficient (Wildman–Crippen LogP) is 2.37. The number of aromatic nitrogens is 2. The van der Waals surface area contributed by atoms with Gasteiger partial charge in [-0.25, -0.2) is 14.4 Å². The second-order valence-corrected chi connectivity index (χ2v) is 4.46. The number of halogens is 1.